The number of hydrogen-bond donors (Lipinski definition) is 1. The number of rotatable bonds is 5. The van der Waals surface area contributed by atoms with Gasteiger partial charge in [0, 0.05) is 17.6 Å². The number of hydrogen-bond acceptors (Lipinski definition) is 4. The van der Waals surface area contributed by atoms with Gasteiger partial charge in [0.25, 0.3) is 0 Å². The molecule has 1 N–H and O–H groups in total. The summed E-state index contributed by atoms with van der Waals surface area (Å²) in [6.07, 6.45) is 3.78. The molecule has 0 aliphatic carbocycles. The van der Waals surface area contributed by atoms with E-state index in [4.69, 9.17) is 0 Å². The lowest BCUT2D eigenvalue weighted by molar-refractivity contribution is 0.383. The molecule has 104 valence electrons. The fourth-order valence-corrected chi connectivity index (χ4v) is 3.08. The molecule has 2 aromatic heterocycles. The first-order valence-corrected chi connectivity index (χ1v) is 7.87. The molecule has 0 unspecified atom stereocenters. The van der Waals surface area contributed by atoms with Crippen LogP contribution < -0.4 is 5.32 Å². The molecule has 0 fully saturated rings. The molecule has 6 heteroatoms. The minimum absolute atomic E-state index is 0.103. The largest absolute Gasteiger partial charge is 0.304 e. The molecular formula is C13H19BrN4S. The normalized spacial score (nSPS) is 12.1. The van der Waals surface area contributed by atoms with Crippen molar-refractivity contribution in [2.24, 2.45) is 0 Å². The van der Waals surface area contributed by atoms with Crippen molar-refractivity contribution in [1.82, 2.24) is 20.1 Å². The smallest absolute Gasteiger partial charge is 0.113 e. The van der Waals surface area contributed by atoms with Crippen LogP contribution in [0.3, 0.4) is 0 Å². The molecular weight excluding hydrogens is 324 g/mol. The fourth-order valence-electron chi connectivity index (χ4n) is 1.76. The molecule has 0 aromatic carbocycles. The summed E-state index contributed by atoms with van der Waals surface area (Å²) in [7, 11) is 0. The Hall–Kier alpha value is -0.720. The van der Waals surface area contributed by atoms with E-state index in [1.807, 2.05) is 10.9 Å². The Morgan fingerprint density at radius 3 is 2.68 bits per heavy atom. The Labute approximate surface area is 126 Å². The van der Waals surface area contributed by atoms with Crippen LogP contribution in [0.5, 0.6) is 0 Å². The molecule has 0 saturated carbocycles. The van der Waals surface area contributed by atoms with Gasteiger partial charge < -0.3 is 5.32 Å². The van der Waals surface area contributed by atoms with Crippen LogP contribution in [0.15, 0.2) is 16.9 Å². The van der Waals surface area contributed by atoms with E-state index in [1.165, 1.54) is 4.88 Å². The number of aryl methyl sites for hydroxylation is 2. The molecule has 0 aliphatic rings. The van der Waals surface area contributed by atoms with Gasteiger partial charge in [0.15, 0.2) is 0 Å². The Bertz CT molecular complexity index is 539. The van der Waals surface area contributed by atoms with Gasteiger partial charge in [-0.25, -0.2) is 4.98 Å². The van der Waals surface area contributed by atoms with Gasteiger partial charge in [-0.2, -0.15) is 5.10 Å². The van der Waals surface area contributed by atoms with E-state index in [2.05, 4.69) is 59.0 Å². The topological polar surface area (TPSA) is 42.7 Å². The summed E-state index contributed by atoms with van der Waals surface area (Å²) in [5.74, 6) is 0. The van der Waals surface area contributed by atoms with Crippen LogP contribution in [0, 0.1) is 13.8 Å². The van der Waals surface area contributed by atoms with E-state index in [-0.39, 0.29) is 5.54 Å². The van der Waals surface area contributed by atoms with Gasteiger partial charge in [0.1, 0.15) is 5.01 Å². The summed E-state index contributed by atoms with van der Waals surface area (Å²) in [5, 5.41) is 8.93. The van der Waals surface area contributed by atoms with Gasteiger partial charge in [-0.05, 0) is 43.6 Å². The maximum Gasteiger partial charge on any atom is 0.113 e. The molecule has 0 amide bonds. The first-order chi connectivity index (χ1) is 8.88. The van der Waals surface area contributed by atoms with Crippen molar-refractivity contribution in [1.29, 1.82) is 0 Å². The molecule has 0 saturated heterocycles. The lowest BCUT2D eigenvalue weighted by Crippen LogP contribution is -2.38. The second-order valence-electron chi connectivity index (χ2n) is 5.13. The van der Waals surface area contributed by atoms with Crippen LogP contribution in [-0.4, -0.2) is 21.3 Å². The van der Waals surface area contributed by atoms with Crippen LogP contribution in [0.25, 0.3) is 0 Å². The number of thiazole rings is 1. The third-order valence-electron chi connectivity index (χ3n) is 3.07. The highest BCUT2D eigenvalue weighted by Gasteiger charge is 2.24. The van der Waals surface area contributed by atoms with Crippen LogP contribution in [0.4, 0.5) is 0 Å². The molecule has 0 aliphatic heterocycles. The molecule has 4 nitrogen and oxygen atoms in total. The minimum Gasteiger partial charge on any atom is -0.304 e. The quantitative estimate of drug-likeness (QED) is 0.906. The van der Waals surface area contributed by atoms with Crippen LogP contribution >= 0.6 is 27.3 Å². The van der Waals surface area contributed by atoms with Crippen molar-refractivity contribution in [3.8, 4) is 0 Å². The predicted octanol–water partition coefficient (Wildman–Crippen LogP) is 3.24. The maximum atomic E-state index is 4.64. The summed E-state index contributed by atoms with van der Waals surface area (Å²) in [4.78, 5) is 5.93. The molecule has 0 bridgehead atoms. The summed E-state index contributed by atoms with van der Waals surface area (Å²) >= 11 is 5.17. The zero-order valence-corrected chi connectivity index (χ0v) is 14.1. The fraction of sp³-hybridized carbons (Fsp3) is 0.538. The second-order valence-corrected chi connectivity index (χ2v) is 7.25. The van der Waals surface area contributed by atoms with Crippen molar-refractivity contribution in [3.05, 3.63) is 32.4 Å². The Kier molecular flexibility index (Phi) is 4.43. The van der Waals surface area contributed by atoms with E-state index in [9.17, 15) is 0 Å². The molecule has 2 heterocycles. The molecule has 0 radical (unpaired) electrons. The van der Waals surface area contributed by atoms with Crippen molar-refractivity contribution in [2.75, 3.05) is 6.54 Å². The third kappa shape index (κ3) is 3.64. The summed E-state index contributed by atoms with van der Waals surface area (Å²) < 4.78 is 2.93. The summed E-state index contributed by atoms with van der Waals surface area (Å²) in [5.41, 5.74) is 1.03. The zero-order valence-electron chi connectivity index (χ0n) is 11.7. The summed E-state index contributed by atoms with van der Waals surface area (Å²) in [6.45, 7) is 10.2. The Morgan fingerprint density at radius 1 is 1.42 bits per heavy atom. The lowest BCUT2D eigenvalue weighted by Gasteiger charge is -2.23. The standard InChI is InChI=1S/C13H19BrN4S/c1-9-10(2)19-12(17-9)13(3,4)15-5-6-18-8-11(14)7-16-18/h7-8,15H,5-6H2,1-4H3. The summed E-state index contributed by atoms with van der Waals surface area (Å²) in [6, 6.07) is 0. The van der Waals surface area contributed by atoms with Gasteiger partial charge in [0.05, 0.1) is 28.4 Å². The average molecular weight is 343 g/mol. The number of halogens is 1. The first-order valence-electron chi connectivity index (χ1n) is 6.26. The highest BCUT2D eigenvalue weighted by molar-refractivity contribution is 9.10. The predicted molar refractivity (Wildman–Crippen MR) is 82.5 cm³/mol. The Morgan fingerprint density at radius 2 is 2.16 bits per heavy atom. The number of aromatic nitrogens is 3. The highest BCUT2D eigenvalue weighted by Crippen LogP contribution is 2.26. The average Bonchev–Trinajstić information content (AvgIpc) is 2.87. The van der Waals surface area contributed by atoms with Crippen molar-refractivity contribution in [2.45, 2.75) is 39.8 Å². The van der Waals surface area contributed by atoms with E-state index in [1.54, 1.807) is 17.5 Å². The lowest BCUT2D eigenvalue weighted by atomic mass is 10.1. The van der Waals surface area contributed by atoms with Crippen molar-refractivity contribution >= 4 is 27.3 Å². The van der Waals surface area contributed by atoms with E-state index >= 15 is 0 Å². The minimum atomic E-state index is -0.103. The monoisotopic (exact) mass is 342 g/mol. The molecule has 0 spiro atoms. The van der Waals surface area contributed by atoms with Crippen LogP contribution in [0.1, 0.15) is 29.4 Å². The van der Waals surface area contributed by atoms with Crippen LogP contribution in [-0.2, 0) is 12.1 Å². The second kappa shape index (κ2) is 5.73. The van der Waals surface area contributed by atoms with Crippen molar-refractivity contribution < 1.29 is 0 Å². The first kappa shape index (κ1) is 14.7. The SMILES string of the molecule is Cc1nc(C(C)(C)NCCn2cc(Br)cn2)sc1C. The van der Waals surface area contributed by atoms with E-state index in [0.29, 0.717) is 0 Å². The number of nitrogens with one attached hydrogen (secondary N) is 1. The van der Waals surface area contributed by atoms with Gasteiger partial charge in [0.2, 0.25) is 0 Å². The van der Waals surface area contributed by atoms with E-state index in [0.717, 1.165) is 28.3 Å². The molecule has 19 heavy (non-hydrogen) atoms. The van der Waals surface area contributed by atoms with Gasteiger partial charge in [-0.3, -0.25) is 4.68 Å². The molecule has 2 rings (SSSR count). The van der Waals surface area contributed by atoms with Gasteiger partial charge in [-0.1, -0.05) is 0 Å². The third-order valence-corrected chi connectivity index (χ3v) is 4.88. The van der Waals surface area contributed by atoms with Gasteiger partial charge in [-0.15, -0.1) is 11.3 Å². The van der Waals surface area contributed by atoms with Crippen LogP contribution in [0.2, 0.25) is 0 Å². The maximum absolute atomic E-state index is 4.64. The zero-order chi connectivity index (χ0) is 14.0. The van der Waals surface area contributed by atoms with Gasteiger partial charge >= 0.3 is 0 Å². The molecule has 0 atom stereocenters. The number of nitrogens with zero attached hydrogens (tertiary/aromatic N) is 3. The molecule has 2 aromatic rings. The van der Waals surface area contributed by atoms with E-state index < -0.39 is 0 Å². The highest BCUT2D eigenvalue weighted by atomic mass is 79.9. The van der Waals surface area contributed by atoms with Crippen molar-refractivity contribution in [3.63, 3.8) is 0 Å². The Balaban J connectivity index is 1.94.